The van der Waals surface area contributed by atoms with Crippen LogP contribution < -0.4 is 0 Å². The Morgan fingerprint density at radius 2 is 1.04 bits per heavy atom. The zero-order valence-electron chi connectivity index (χ0n) is 16.7. The van der Waals surface area contributed by atoms with Crippen LogP contribution in [0.15, 0.2) is 41.3 Å². The van der Waals surface area contributed by atoms with E-state index in [1.807, 2.05) is 6.56 Å². The van der Waals surface area contributed by atoms with Crippen molar-refractivity contribution in [2.24, 2.45) is 0 Å². The van der Waals surface area contributed by atoms with Gasteiger partial charge in [0.15, 0.2) is 0 Å². The topological polar surface area (TPSA) is 0 Å². The van der Waals surface area contributed by atoms with Crippen LogP contribution in [0.1, 0.15) is 12.8 Å². The zero-order valence-corrected chi connectivity index (χ0v) is 24.3. The molecule has 0 aliphatic heterocycles. The summed E-state index contributed by atoms with van der Waals surface area (Å²) < 4.78 is 8.99. The monoisotopic (exact) mass is 496 g/mol. The largest absolute Gasteiger partial charge is 0.147 e. The molecule has 0 bridgehead atoms. The van der Waals surface area contributed by atoms with E-state index in [2.05, 4.69) is 79.7 Å². The van der Waals surface area contributed by atoms with Gasteiger partial charge in [-0.15, -0.1) is 24.8 Å². The van der Waals surface area contributed by atoms with Crippen molar-refractivity contribution >= 4 is 47.8 Å². The van der Waals surface area contributed by atoms with Gasteiger partial charge in [0.25, 0.3) is 0 Å². The summed E-state index contributed by atoms with van der Waals surface area (Å²) in [5.74, 6) is 0. The van der Waals surface area contributed by atoms with Gasteiger partial charge in [-0.05, 0) is 0 Å². The number of hydrogen-bond acceptors (Lipinski definition) is 0. The van der Waals surface area contributed by atoms with Crippen LogP contribution in [0.3, 0.4) is 0 Å². The Kier molecular flexibility index (Phi) is 7.94. The van der Waals surface area contributed by atoms with Crippen molar-refractivity contribution in [3.05, 3.63) is 41.3 Å². The molecule has 0 aromatic heterocycles. The first kappa shape index (κ1) is 25.1. The van der Waals surface area contributed by atoms with Crippen LogP contribution in [-0.4, -0.2) is 23.0 Å². The van der Waals surface area contributed by atoms with Gasteiger partial charge in [0.1, 0.15) is 0 Å². The fraction of sp³-hybridized carbons (Fsp3) is 0.556. The molecule has 0 amide bonds. The van der Waals surface area contributed by atoms with E-state index < -0.39 is 33.5 Å². The molecule has 0 atom stereocenters. The Morgan fingerprint density at radius 3 is 1.25 bits per heavy atom. The second-order valence-electron chi connectivity index (χ2n) is 10.3. The molecule has 0 heterocycles. The molecule has 0 N–H and O–H groups in total. The minimum atomic E-state index is -2.88. The van der Waals surface area contributed by atoms with Crippen LogP contribution in [0.4, 0.5) is 0 Å². The van der Waals surface area contributed by atoms with E-state index >= 15 is 0 Å². The molecule has 138 valence electrons. The van der Waals surface area contributed by atoms with Gasteiger partial charge in [-0.3, -0.25) is 0 Å². The minimum absolute atomic E-state index is 0. The van der Waals surface area contributed by atoms with Crippen LogP contribution in [-0.2, 0) is 17.4 Å². The van der Waals surface area contributed by atoms with E-state index in [9.17, 15) is 0 Å². The molecule has 0 fully saturated rings. The minimum Gasteiger partial charge on any atom is -0.147 e. The maximum Gasteiger partial charge on any atom is -0.147 e. The van der Waals surface area contributed by atoms with E-state index in [0.717, 1.165) is 0 Å². The first-order chi connectivity index (χ1) is 9.70. The summed E-state index contributed by atoms with van der Waals surface area (Å²) in [4.78, 5) is 0. The smallest absolute Gasteiger partial charge is 0.147 e. The summed E-state index contributed by atoms with van der Waals surface area (Å²) in [5, 5.41) is 3.38. The van der Waals surface area contributed by atoms with E-state index in [1.165, 1.54) is 12.8 Å². The third kappa shape index (κ3) is 5.07. The van der Waals surface area contributed by atoms with Crippen LogP contribution >= 0.6 is 24.8 Å². The molecule has 0 saturated heterocycles. The van der Waals surface area contributed by atoms with Gasteiger partial charge in [-0.25, -0.2) is 0 Å². The molecular formula is C18H36Cl2Si3Zr. The first-order valence-electron chi connectivity index (χ1n) is 8.61. The Labute approximate surface area is 166 Å². The van der Waals surface area contributed by atoms with Gasteiger partial charge in [0.2, 0.25) is 0 Å². The number of hydrogen-bond donors (Lipinski definition) is 0. The standard InChI is InChI=1S/2C8H13Si.2CH3.2ClH.H2Si.Zr/c2*1-9(2,3)8-6-4-5-7-8;;;;;;/h2*6-7H,4H2,1-3H3;2*1H3;2*1H;1H2;. The maximum absolute atomic E-state index is 2.88. The average Bonchev–Trinajstić information content (AvgIpc) is 2.97. The predicted molar refractivity (Wildman–Crippen MR) is 123 cm³/mol. The van der Waals surface area contributed by atoms with Gasteiger partial charge >= 0.3 is 143 Å². The zero-order chi connectivity index (χ0) is 17.0. The normalized spacial score (nSPS) is 18.9. The Morgan fingerprint density at radius 1 is 0.750 bits per heavy atom. The molecule has 0 aromatic carbocycles. The van der Waals surface area contributed by atoms with Crippen molar-refractivity contribution in [1.82, 2.24) is 0 Å². The van der Waals surface area contributed by atoms with Gasteiger partial charge in [-0.1, -0.05) is 0 Å². The fourth-order valence-electron chi connectivity index (χ4n) is 3.42. The molecule has 2 rings (SSSR count). The van der Waals surface area contributed by atoms with Gasteiger partial charge in [0, 0.05) is 0 Å². The molecular weight excluding hydrogens is 463 g/mol. The second kappa shape index (κ2) is 7.60. The Bertz CT molecular complexity index is 639. The molecule has 2 aliphatic rings. The third-order valence-electron chi connectivity index (χ3n) is 5.53. The molecule has 24 heavy (non-hydrogen) atoms. The second-order valence-corrected chi connectivity index (χ2v) is 49.3. The van der Waals surface area contributed by atoms with Gasteiger partial charge in [0.05, 0.1) is 0 Å². The van der Waals surface area contributed by atoms with Crippen LogP contribution in [0.2, 0.25) is 48.5 Å². The summed E-state index contributed by atoms with van der Waals surface area (Å²) in [7, 11) is -2.33. The third-order valence-corrected chi connectivity index (χ3v) is 26.9. The van der Waals surface area contributed by atoms with E-state index in [0.29, 0.717) is 0 Å². The Balaban J connectivity index is 0.00000264. The molecule has 0 aromatic rings. The average molecular weight is 499 g/mol. The van der Waals surface area contributed by atoms with Crippen molar-refractivity contribution in [2.75, 3.05) is 0 Å². The quantitative estimate of drug-likeness (QED) is 0.396. The van der Waals surface area contributed by atoms with Gasteiger partial charge < -0.3 is 0 Å². The molecule has 6 heteroatoms. The molecule has 2 aliphatic carbocycles. The van der Waals surface area contributed by atoms with E-state index in [4.69, 9.17) is 0 Å². The van der Waals surface area contributed by atoms with E-state index in [1.54, 1.807) is 10.4 Å². The van der Waals surface area contributed by atoms with Crippen molar-refractivity contribution < 1.29 is 17.4 Å². The molecule has 0 unspecified atom stereocenters. The van der Waals surface area contributed by atoms with Crippen molar-refractivity contribution in [2.45, 2.75) is 61.4 Å². The molecule has 0 radical (unpaired) electrons. The van der Waals surface area contributed by atoms with E-state index in [-0.39, 0.29) is 24.8 Å². The molecule has 0 saturated carbocycles. The molecule has 0 spiro atoms. The van der Waals surface area contributed by atoms with Crippen molar-refractivity contribution in [3.8, 4) is 0 Å². The predicted octanol–water partition coefficient (Wildman–Crippen LogP) is 6.35. The SMILES string of the molecule is C[Si](C)(C)C1=CC[C]([Zr]([CH3])([CH3])(=[SiH2])[C]2=CC([Si](C)(C)C)=CC2)=C1.Cl.Cl. The Hall–Kier alpha value is 1.07. The summed E-state index contributed by atoms with van der Waals surface area (Å²) in [6.07, 6.45) is 12.9. The van der Waals surface area contributed by atoms with Crippen molar-refractivity contribution in [3.63, 3.8) is 0 Å². The van der Waals surface area contributed by atoms with Crippen LogP contribution in [0, 0.1) is 0 Å². The van der Waals surface area contributed by atoms with Crippen LogP contribution in [0.25, 0.3) is 0 Å². The maximum atomic E-state index is 2.67. The summed E-state index contributed by atoms with van der Waals surface area (Å²) in [6.45, 7) is 17.3. The summed E-state index contributed by atoms with van der Waals surface area (Å²) in [5.41, 5.74) is 0. The summed E-state index contributed by atoms with van der Waals surface area (Å²) in [6, 6.07) is 0. The van der Waals surface area contributed by atoms with Crippen LogP contribution in [0.5, 0.6) is 0 Å². The number of halogens is 2. The van der Waals surface area contributed by atoms with Crippen molar-refractivity contribution in [1.29, 1.82) is 0 Å². The number of allylic oxidation sites excluding steroid dienone is 8. The summed E-state index contributed by atoms with van der Waals surface area (Å²) >= 11 is -2.88. The first-order valence-corrected chi connectivity index (χ1v) is 28.9. The number of rotatable bonds is 4. The molecule has 0 nitrogen and oxygen atoms in total. The van der Waals surface area contributed by atoms with Gasteiger partial charge in [-0.2, -0.15) is 0 Å². The fourth-order valence-corrected chi connectivity index (χ4v) is 17.5.